The summed E-state index contributed by atoms with van der Waals surface area (Å²) in [4.78, 5) is 25.5. The van der Waals surface area contributed by atoms with E-state index in [0.717, 1.165) is 56.7 Å². The largest absolute Gasteiger partial charge is 0.384 e. The van der Waals surface area contributed by atoms with E-state index in [1.807, 2.05) is 23.1 Å². The van der Waals surface area contributed by atoms with Gasteiger partial charge in [0.25, 0.3) is 5.91 Å². The lowest BCUT2D eigenvalue weighted by molar-refractivity contribution is -0.119. The monoisotopic (exact) mass is 337 g/mol. The number of piperidine rings is 1. The highest BCUT2D eigenvalue weighted by Crippen LogP contribution is 2.25. The van der Waals surface area contributed by atoms with Gasteiger partial charge in [-0.1, -0.05) is 0 Å². The Hall–Kier alpha value is -1.75. The van der Waals surface area contributed by atoms with E-state index in [1.54, 1.807) is 6.92 Å². The zero-order chi connectivity index (χ0) is 15.5. The molecule has 2 N–H and O–H groups in total. The Morgan fingerprint density at radius 3 is 2.74 bits per heavy atom. The maximum Gasteiger partial charge on any atom is 0.253 e. The van der Waals surface area contributed by atoms with E-state index in [0.29, 0.717) is 5.92 Å². The molecule has 1 fully saturated rings. The number of fused-ring (bicyclic) bond motifs is 1. The fourth-order valence-electron chi connectivity index (χ4n) is 3.25. The number of benzene rings is 1. The molecular weight excluding hydrogens is 314 g/mol. The molecule has 126 valence electrons. The second-order valence-electron chi connectivity index (χ2n) is 6.22. The number of nitrogens with one attached hydrogen (secondary N) is 2. The molecule has 0 bridgehead atoms. The lowest BCUT2D eigenvalue weighted by atomic mass is 9.96. The summed E-state index contributed by atoms with van der Waals surface area (Å²) in [5, 5.41) is 6.19. The van der Waals surface area contributed by atoms with Crippen LogP contribution in [0.5, 0.6) is 0 Å². The molecule has 0 atom stereocenters. The van der Waals surface area contributed by atoms with E-state index in [9.17, 15) is 9.59 Å². The predicted molar refractivity (Wildman–Crippen MR) is 93.2 cm³/mol. The van der Waals surface area contributed by atoms with Crippen molar-refractivity contribution in [1.29, 1.82) is 0 Å². The third-order valence-corrected chi connectivity index (χ3v) is 4.60. The number of carbonyl (C=O) groups is 2. The molecule has 3 rings (SSSR count). The van der Waals surface area contributed by atoms with Crippen LogP contribution in [0.25, 0.3) is 0 Å². The Kier molecular flexibility index (Phi) is 5.88. The second kappa shape index (κ2) is 7.68. The van der Waals surface area contributed by atoms with E-state index in [1.165, 1.54) is 5.56 Å². The highest BCUT2D eigenvalue weighted by molar-refractivity contribution is 5.95. The highest BCUT2D eigenvalue weighted by Gasteiger charge is 2.24. The van der Waals surface area contributed by atoms with Gasteiger partial charge in [0.1, 0.15) is 0 Å². The number of hydrogen-bond acceptors (Lipinski definition) is 3. The molecule has 2 amide bonds. The zero-order valence-electron chi connectivity index (χ0n) is 13.4. The molecule has 0 aliphatic carbocycles. The van der Waals surface area contributed by atoms with Crippen molar-refractivity contribution in [3.8, 4) is 0 Å². The molecule has 23 heavy (non-hydrogen) atoms. The molecular formula is C17H24ClN3O2. The van der Waals surface area contributed by atoms with E-state index >= 15 is 0 Å². The van der Waals surface area contributed by atoms with Crippen molar-refractivity contribution < 1.29 is 9.59 Å². The Bertz CT molecular complexity index is 583. The number of likely N-dealkylation sites (tertiary alicyclic amines) is 1. The average molecular weight is 338 g/mol. The first-order chi connectivity index (χ1) is 10.6. The van der Waals surface area contributed by atoms with Crippen LogP contribution in [0.2, 0.25) is 0 Å². The summed E-state index contributed by atoms with van der Waals surface area (Å²) < 4.78 is 0. The predicted octanol–water partition coefficient (Wildman–Crippen LogP) is 2.06. The molecule has 0 aromatic heterocycles. The molecule has 6 heteroatoms. The fourth-order valence-corrected chi connectivity index (χ4v) is 3.25. The van der Waals surface area contributed by atoms with Crippen molar-refractivity contribution >= 4 is 29.9 Å². The topological polar surface area (TPSA) is 61.4 Å². The summed E-state index contributed by atoms with van der Waals surface area (Å²) in [6.07, 6.45) is 2.91. The minimum absolute atomic E-state index is 0. The van der Waals surface area contributed by atoms with Gasteiger partial charge in [-0.2, -0.15) is 0 Å². The van der Waals surface area contributed by atoms with Crippen LogP contribution in [0.1, 0.15) is 35.7 Å². The molecule has 5 nitrogen and oxygen atoms in total. The number of carbonyl (C=O) groups excluding carboxylic acids is 2. The van der Waals surface area contributed by atoms with Gasteiger partial charge in [-0.15, -0.1) is 12.4 Å². The minimum Gasteiger partial charge on any atom is -0.384 e. The molecule has 2 aliphatic rings. The van der Waals surface area contributed by atoms with Crippen molar-refractivity contribution in [3.05, 3.63) is 29.3 Å². The van der Waals surface area contributed by atoms with Crippen LogP contribution in [0.15, 0.2) is 18.2 Å². The van der Waals surface area contributed by atoms with Gasteiger partial charge in [0.05, 0.1) is 0 Å². The Morgan fingerprint density at radius 2 is 2.04 bits per heavy atom. The van der Waals surface area contributed by atoms with Crippen LogP contribution >= 0.6 is 12.4 Å². The molecule has 2 aliphatic heterocycles. The summed E-state index contributed by atoms with van der Waals surface area (Å²) in [5.41, 5.74) is 3.19. The molecule has 1 aromatic rings. The summed E-state index contributed by atoms with van der Waals surface area (Å²) in [5.74, 6) is 0.634. The second-order valence-corrected chi connectivity index (χ2v) is 6.22. The fraction of sp³-hybridized carbons (Fsp3) is 0.529. The van der Waals surface area contributed by atoms with E-state index in [4.69, 9.17) is 0 Å². The number of hydrogen-bond donors (Lipinski definition) is 2. The zero-order valence-corrected chi connectivity index (χ0v) is 14.2. The van der Waals surface area contributed by atoms with Crippen LogP contribution in [-0.2, 0) is 11.2 Å². The molecule has 1 aromatic carbocycles. The van der Waals surface area contributed by atoms with Crippen LogP contribution < -0.4 is 10.6 Å². The van der Waals surface area contributed by atoms with Gasteiger partial charge in [-0.05, 0) is 48.9 Å². The third kappa shape index (κ3) is 4.16. The third-order valence-electron chi connectivity index (χ3n) is 4.60. The van der Waals surface area contributed by atoms with E-state index < -0.39 is 0 Å². The first-order valence-corrected chi connectivity index (χ1v) is 8.04. The van der Waals surface area contributed by atoms with Crippen LogP contribution in [0.3, 0.4) is 0 Å². The number of amides is 2. The van der Waals surface area contributed by atoms with Gasteiger partial charge in [-0.3, -0.25) is 9.59 Å². The van der Waals surface area contributed by atoms with Gasteiger partial charge >= 0.3 is 0 Å². The average Bonchev–Trinajstić information content (AvgIpc) is 3.00. The minimum atomic E-state index is 0. The first-order valence-electron chi connectivity index (χ1n) is 8.04. The Balaban J connectivity index is 0.00000192. The normalized spacial score (nSPS) is 17.0. The molecule has 1 saturated heterocycles. The molecule has 0 unspecified atom stereocenters. The first kappa shape index (κ1) is 17.6. The van der Waals surface area contributed by atoms with Crippen molar-refractivity contribution in [2.24, 2.45) is 5.92 Å². The number of anilines is 1. The maximum atomic E-state index is 12.6. The van der Waals surface area contributed by atoms with E-state index in [-0.39, 0.29) is 24.2 Å². The van der Waals surface area contributed by atoms with Crippen LogP contribution in [0.4, 0.5) is 5.69 Å². The van der Waals surface area contributed by atoms with Crippen molar-refractivity contribution in [3.63, 3.8) is 0 Å². The lowest BCUT2D eigenvalue weighted by Gasteiger charge is -2.32. The van der Waals surface area contributed by atoms with Gasteiger partial charge in [-0.25, -0.2) is 0 Å². The highest BCUT2D eigenvalue weighted by atomic mass is 35.5. The number of nitrogens with zero attached hydrogens (tertiary/aromatic N) is 1. The van der Waals surface area contributed by atoms with Crippen molar-refractivity contribution in [2.45, 2.75) is 26.2 Å². The molecule has 0 radical (unpaired) electrons. The van der Waals surface area contributed by atoms with Gasteiger partial charge in [0.15, 0.2) is 0 Å². The smallest absolute Gasteiger partial charge is 0.253 e. The summed E-state index contributed by atoms with van der Waals surface area (Å²) in [7, 11) is 0. The van der Waals surface area contributed by atoms with Crippen molar-refractivity contribution in [1.82, 2.24) is 10.2 Å². The van der Waals surface area contributed by atoms with Crippen molar-refractivity contribution in [2.75, 3.05) is 31.5 Å². The number of halogens is 1. The van der Waals surface area contributed by atoms with Gasteiger partial charge < -0.3 is 15.5 Å². The van der Waals surface area contributed by atoms with Gasteiger partial charge in [0.2, 0.25) is 5.91 Å². The quantitative estimate of drug-likeness (QED) is 0.887. The Labute approximate surface area is 143 Å². The van der Waals surface area contributed by atoms with E-state index in [2.05, 4.69) is 10.6 Å². The summed E-state index contributed by atoms with van der Waals surface area (Å²) in [6, 6.07) is 5.96. The SMILES string of the molecule is CC(=O)NCC1CCN(C(=O)c2ccc3c(c2)CCN3)CC1.Cl. The standard InChI is InChI=1S/C17H23N3O2.ClH/c1-12(21)19-11-13-5-8-20(9-6-13)17(22)15-2-3-16-14(10-15)4-7-18-16;/h2-3,10,13,18H,4-9,11H2,1H3,(H,19,21);1H. The maximum absolute atomic E-state index is 12.6. The lowest BCUT2D eigenvalue weighted by Crippen LogP contribution is -2.41. The van der Waals surface area contributed by atoms with Gasteiger partial charge in [0, 0.05) is 44.4 Å². The summed E-state index contributed by atoms with van der Waals surface area (Å²) in [6.45, 7) is 4.78. The molecule has 0 saturated carbocycles. The molecule has 0 spiro atoms. The number of rotatable bonds is 3. The Morgan fingerprint density at radius 1 is 1.30 bits per heavy atom. The van der Waals surface area contributed by atoms with Crippen LogP contribution in [-0.4, -0.2) is 42.9 Å². The molecule has 2 heterocycles. The summed E-state index contributed by atoms with van der Waals surface area (Å²) >= 11 is 0. The van der Waals surface area contributed by atoms with Crippen LogP contribution in [0, 0.1) is 5.92 Å².